The number of furan rings is 2. The summed E-state index contributed by atoms with van der Waals surface area (Å²) in [7, 11) is 0. The molecular weight excluding hydrogens is 400 g/mol. The molecule has 0 bridgehead atoms. The molecule has 0 aliphatic heterocycles. The lowest BCUT2D eigenvalue weighted by Gasteiger charge is -2.13. The van der Waals surface area contributed by atoms with Gasteiger partial charge in [0.15, 0.2) is 11.2 Å². The summed E-state index contributed by atoms with van der Waals surface area (Å²) in [5.41, 5.74) is 26.9. The minimum absolute atomic E-state index is 0.457. The van der Waals surface area contributed by atoms with Crippen LogP contribution in [0.1, 0.15) is 11.1 Å². The molecule has 0 aliphatic carbocycles. The van der Waals surface area contributed by atoms with Crippen LogP contribution in [0.4, 0.5) is 22.7 Å². The van der Waals surface area contributed by atoms with Crippen LogP contribution in [0.25, 0.3) is 43.9 Å². The minimum atomic E-state index is 0.457. The monoisotopic (exact) mass is 422 g/mol. The summed E-state index contributed by atoms with van der Waals surface area (Å²) in [6.07, 6.45) is 0. The highest BCUT2D eigenvalue weighted by molar-refractivity contribution is 6.16. The van der Waals surface area contributed by atoms with Gasteiger partial charge in [0.05, 0.1) is 22.1 Å². The molecule has 6 heteroatoms. The van der Waals surface area contributed by atoms with Crippen molar-refractivity contribution in [2.24, 2.45) is 0 Å². The van der Waals surface area contributed by atoms with Gasteiger partial charge in [-0.25, -0.2) is 0 Å². The van der Waals surface area contributed by atoms with Gasteiger partial charge in [0.2, 0.25) is 0 Å². The molecule has 32 heavy (non-hydrogen) atoms. The molecule has 7 N–H and O–H groups in total. The van der Waals surface area contributed by atoms with E-state index in [1.165, 1.54) is 0 Å². The van der Waals surface area contributed by atoms with Gasteiger partial charge in [0, 0.05) is 28.7 Å². The second-order valence-electron chi connectivity index (χ2n) is 8.15. The summed E-state index contributed by atoms with van der Waals surface area (Å²) in [6.45, 7) is 2.45. The van der Waals surface area contributed by atoms with Crippen LogP contribution in [-0.4, -0.2) is 0 Å². The first-order valence-electron chi connectivity index (χ1n) is 10.4. The van der Waals surface area contributed by atoms with E-state index in [-0.39, 0.29) is 0 Å². The van der Waals surface area contributed by atoms with Crippen molar-refractivity contribution in [3.63, 3.8) is 0 Å². The van der Waals surface area contributed by atoms with E-state index in [2.05, 4.69) is 5.32 Å². The maximum Gasteiger partial charge on any atom is 0.160 e. The van der Waals surface area contributed by atoms with Gasteiger partial charge < -0.3 is 31.4 Å². The maximum absolute atomic E-state index is 6.51. The lowest BCUT2D eigenvalue weighted by atomic mass is 10.0. The van der Waals surface area contributed by atoms with Crippen LogP contribution in [-0.2, 0) is 6.54 Å². The molecule has 0 saturated carbocycles. The summed E-state index contributed by atoms with van der Waals surface area (Å²) < 4.78 is 12.2. The zero-order valence-corrected chi connectivity index (χ0v) is 17.5. The molecule has 2 heterocycles. The molecule has 6 aromatic rings. The quantitative estimate of drug-likeness (QED) is 0.254. The van der Waals surface area contributed by atoms with Crippen LogP contribution in [0.2, 0.25) is 0 Å². The number of nitrogens with two attached hydrogens (primary N) is 3. The number of para-hydroxylation sites is 2. The molecule has 0 spiro atoms. The predicted molar refractivity (Wildman–Crippen MR) is 133 cm³/mol. The van der Waals surface area contributed by atoms with Gasteiger partial charge in [0.1, 0.15) is 11.2 Å². The van der Waals surface area contributed by atoms with E-state index in [1.54, 1.807) is 0 Å². The fraction of sp³-hybridized carbons (Fsp3) is 0.0769. The third-order valence-corrected chi connectivity index (χ3v) is 6.17. The van der Waals surface area contributed by atoms with Crippen molar-refractivity contribution in [3.8, 4) is 0 Å². The molecule has 158 valence electrons. The number of anilines is 4. The Morgan fingerprint density at radius 2 is 1.38 bits per heavy atom. The average molecular weight is 422 g/mol. The molecule has 0 fully saturated rings. The van der Waals surface area contributed by atoms with Crippen molar-refractivity contribution < 1.29 is 8.83 Å². The fourth-order valence-corrected chi connectivity index (χ4v) is 4.53. The number of benzene rings is 4. The van der Waals surface area contributed by atoms with Crippen LogP contribution in [0.3, 0.4) is 0 Å². The van der Waals surface area contributed by atoms with Gasteiger partial charge in [-0.2, -0.15) is 0 Å². The Hall–Kier alpha value is -4.32. The van der Waals surface area contributed by atoms with E-state index in [0.29, 0.717) is 23.5 Å². The maximum atomic E-state index is 6.51. The van der Waals surface area contributed by atoms with E-state index in [4.69, 9.17) is 26.0 Å². The first-order valence-corrected chi connectivity index (χ1v) is 10.4. The van der Waals surface area contributed by atoms with E-state index >= 15 is 0 Å². The lowest BCUT2D eigenvalue weighted by Crippen LogP contribution is -2.05. The Balaban J connectivity index is 1.46. The zero-order valence-electron chi connectivity index (χ0n) is 17.5. The Labute approximate surface area is 183 Å². The third-order valence-electron chi connectivity index (χ3n) is 6.17. The summed E-state index contributed by atoms with van der Waals surface area (Å²) in [5.74, 6) is 0. The highest BCUT2D eigenvalue weighted by Gasteiger charge is 2.18. The van der Waals surface area contributed by atoms with Crippen LogP contribution < -0.4 is 22.5 Å². The normalized spacial score (nSPS) is 11.8. The molecule has 0 amide bonds. The van der Waals surface area contributed by atoms with Crippen molar-refractivity contribution in [3.05, 3.63) is 71.8 Å². The van der Waals surface area contributed by atoms with Crippen molar-refractivity contribution in [2.75, 3.05) is 22.5 Å². The first-order chi connectivity index (χ1) is 15.5. The number of nitrogen functional groups attached to an aromatic ring is 3. The van der Waals surface area contributed by atoms with Gasteiger partial charge in [-0.15, -0.1) is 0 Å². The Kier molecular flexibility index (Phi) is 3.80. The van der Waals surface area contributed by atoms with Crippen molar-refractivity contribution in [1.29, 1.82) is 0 Å². The summed E-state index contributed by atoms with van der Waals surface area (Å²) in [6, 6.07) is 19.6. The van der Waals surface area contributed by atoms with Gasteiger partial charge in [-0.3, -0.25) is 0 Å². The molecule has 2 aromatic heterocycles. The number of nitrogens with one attached hydrogen (secondary N) is 1. The molecule has 6 nitrogen and oxygen atoms in total. The number of fused-ring (bicyclic) bond motifs is 6. The smallest absolute Gasteiger partial charge is 0.160 e. The van der Waals surface area contributed by atoms with Gasteiger partial charge in [-0.05, 0) is 42.3 Å². The predicted octanol–water partition coefficient (Wildman–Crippen LogP) is 6.15. The number of rotatable bonds is 3. The standard InChI is InChI=1S/C26H22N4O2/c1-13-10-18(25-22(23(13)28)16-7-3-5-9-20(16)31-25)30-12-14-11-17(27)21-15-6-2-4-8-19(15)32-26(21)24(14)29/h2-11,30H,12,27-29H2,1H3. The summed E-state index contributed by atoms with van der Waals surface area (Å²) in [5, 5.41) is 7.21. The number of hydrogen-bond acceptors (Lipinski definition) is 6. The van der Waals surface area contributed by atoms with Crippen LogP contribution in [0.5, 0.6) is 0 Å². The van der Waals surface area contributed by atoms with Crippen LogP contribution in [0, 0.1) is 6.92 Å². The SMILES string of the molecule is Cc1cc(NCc2cc(N)c3c(oc4ccccc43)c2N)c2oc3ccccc3c2c1N. The van der Waals surface area contributed by atoms with Crippen molar-refractivity contribution in [1.82, 2.24) is 0 Å². The number of hydrogen-bond donors (Lipinski definition) is 4. The van der Waals surface area contributed by atoms with Crippen LogP contribution >= 0.6 is 0 Å². The largest absolute Gasteiger partial charge is 0.454 e. The van der Waals surface area contributed by atoms with Gasteiger partial charge >= 0.3 is 0 Å². The summed E-state index contributed by atoms with van der Waals surface area (Å²) in [4.78, 5) is 0. The Bertz CT molecular complexity index is 1680. The summed E-state index contributed by atoms with van der Waals surface area (Å²) >= 11 is 0. The molecule has 0 radical (unpaired) electrons. The number of aryl methyl sites for hydroxylation is 1. The van der Waals surface area contributed by atoms with Crippen molar-refractivity contribution in [2.45, 2.75) is 13.5 Å². The van der Waals surface area contributed by atoms with E-state index in [1.807, 2.05) is 67.6 Å². The molecular formula is C26H22N4O2. The molecule has 0 aliphatic rings. The van der Waals surface area contributed by atoms with E-state index in [0.717, 1.165) is 60.8 Å². The van der Waals surface area contributed by atoms with Crippen molar-refractivity contribution >= 4 is 66.6 Å². The van der Waals surface area contributed by atoms with Crippen LogP contribution in [0.15, 0.2) is 69.5 Å². The topological polar surface area (TPSA) is 116 Å². The van der Waals surface area contributed by atoms with Gasteiger partial charge in [-0.1, -0.05) is 36.4 Å². The third kappa shape index (κ3) is 2.53. The second kappa shape index (κ2) is 6.59. The molecule has 6 rings (SSSR count). The zero-order chi connectivity index (χ0) is 22.0. The lowest BCUT2D eigenvalue weighted by molar-refractivity contribution is 0.669. The highest BCUT2D eigenvalue weighted by Crippen LogP contribution is 2.41. The second-order valence-corrected chi connectivity index (χ2v) is 8.15. The average Bonchev–Trinajstić information content (AvgIpc) is 3.38. The molecule has 0 unspecified atom stereocenters. The molecule has 4 aromatic carbocycles. The first kappa shape index (κ1) is 18.4. The Morgan fingerprint density at radius 1 is 0.750 bits per heavy atom. The Morgan fingerprint density at radius 3 is 2.09 bits per heavy atom. The fourth-order valence-electron chi connectivity index (χ4n) is 4.53. The van der Waals surface area contributed by atoms with E-state index < -0.39 is 0 Å². The van der Waals surface area contributed by atoms with E-state index in [9.17, 15) is 0 Å². The minimum Gasteiger partial charge on any atom is -0.454 e. The van der Waals surface area contributed by atoms with Gasteiger partial charge in [0.25, 0.3) is 0 Å². The molecule has 0 atom stereocenters. The molecule has 0 saturated heterocycles. The highest BCUT2D eigenvalue weighted by atomic mass is 16.3.